The summed E-state index contributed by atoms with van der Waals surface area (Å²) in [6, 6.07) is 10.1. The van der Waals surface area contributed by atoms with Crippen LogP contribution in [0.2, 0.25) is 0 Å². The molecule has 3 heteroatoms. The van der Waals surface area contributed by atoms with Crippen LogP contribution in [0.1, 0.15) is 21.7 Å². The first-order chi connectivity index (χ1) is 7.79. The molecule has 0 radical (unpaired) electrons. The van der Waals surface area contributed by atoms with Gasteiger partial charge < -0.3 is 4.42 Å². The molecule has 1 aliphatic rings. The molecule has 0 fully saturated rings. The minimum atomic E-state index is -0.740. The van der Waals surface area contributed by atoms with E-state index in [-0.39, 0.29) is 5.57 Å². The fraction of sp³-hybridized carbons (Fsp3) is 0. The van der Waals surface area contributed by atoms with Crippen molar-refractivity contribution in [2.45, 2.75) is 0 Å². The Morgan fingerprint density at radius 1 is 1.00 bits per heavy atom. The van der Waals surface area contributed by atoms with Crippen LogP contribution in [-0.2, 0) is 0 Å². The van der Waals surface area contributed by atoms with E-state index in [0.29, 0.717) is 16.9 Å². The largest absolute Gasteiger partial charge is 0.464 e. The Balaban J connectivity index is 2.29. The SMILES string of the molecule is O=C1C(F)=C(c2ccco2)c2ccccc21. The lowest BCUT2D eigenvalue weighted by molar-refractivity contribution is 0.101. The molecule has 0 unspecified atom stereocenters. The van der Waals surface area contributed by atoms with Crippen molar-refractivity contribution in [3.8, 4) is 0 Å². The van der Waals surface area contributed by atoms with E-state index < -0.39 is 11.6 Å². The predicted molar refractivity (Wildman–Crippen MR) is 56.6 cm³/mol. The minimum absolute atomic E-state index is 0.255. The number of ketones is 1. The first-order valence-electron chi connectivity index (χ1n) is 4.87. The standard InChI is InChI=1S/C13H7FO2/c14-12-11(10-6-3-7-16-10)8-4-1-2-5-9(8)13(12)15/h1-7H. The number of hydrogen-bond acceptors (Lipinski definition) is 2. The van der Waals surface area contributed by atoms with Crippen LogP contribution >= 0.6 is 0 Å². The topological polar surface area (TPSA) is 30.2 Å². The summed E-state index contributed by atoms with van der Waals surface area (Å²) in [5.41, 5.74) is 1.25. The van der Waals surface area contributed by atoms with Crippen LogP contribution in [-0.4, -0.2) is 5.78 Å². The van der Waals surface area contributed by atoms with E-state index in [4.69, 9.17) is 4.42 Å². The second kappa shape index (κ2) is 3.17. The number of fused-ring (bicyclic) bond motifs is 1. The smallest absolute Gasteiger partial charge is 0.222 e. The van der Waals surface area contributed by atoms with Gasteiger partial charge in [0.05, 0.1) is 11.8 Å². The zero-order valence-corrected chi connectivity index (χ0v) is 8.24. The molecule has 0 saturated carbocycles. The summed E-state index contributed by atoms with van der Waals surface area (Å²) in [5.74, 6) is -0.922. The van der Waals surface area contributed by atoms with Gasteiger partial charge in [0.1, 0.15) is 5.76 Å². The number of allylic oxidation sites excluding steroid dienone is 1. The molecule has 3 rings (SSSR count). The average molecular weight is 214 g/mol. The molecule has 2 nitrogen and oxygen atoms in total. The first-order valence-corrected chi connectivity index (χ1v) is 4.87. The summed E-state index contributed by atoms with van der Waals surface area (Å²) in [6.07, 6.45) is 1.46. The number of carbonyl (C=O) groups excluding carboxylic acids is 1. The summed E-state index contributed by atoms with van der Waals surface area (Å²) >= 11 is 0. The minimum Gasteiger partial charge on any atom is -0.464 e. The summed E-state index contributed by atoms with van der Waals surface area (Å²) in [5, 5.41) is 0. The number of rotatable bonds is 1. The molecule has 0 spiro atoms. The van der Waals surface area contributed by atoms with Crippen molar-refractivity contribution in [1.82, 2.24) is 0 Å². The number of hydrogen-bond donors (Lipinski definition) is 0. The summed E-state index contributed by atoms with van der Waals surface area (Å²) < 4.78 is 19.0. The highest BCUT2D eigenvalue weighted by atomic mass is 19.1. The third-order valence-electron chi connectivity index (χ3n) is 2.63. The third kappa shape index (κ3) is 1.08. The Morgan fingerprint density at radius 3 is 2.44 bits per heavy atom. The molecule has 0 amide bonds. The van der Waals surface area contributed by atoms with Crippen molar-refractivity contribution in [2.75, 3.05) is 0 Å². The number of carbonyl (C=O) groups is 1. The van der Waals surface area contributed by atoms with Crippen molar-refractivity contribution in [3.05, 3.63) is 65.4 Å². The van der Waals surface area contributed by atoms with Gasteiger partial charge in [-0.25, -0.2) is 4.39 Å². The van der Waals surface area contributed by atoms with Gasteiger partial charge in [-0.2, -0.15) is 0 Å². The van der Waals surface area contributed by atoms with Gasteiger partial charge in [0, 0.05) is 5.56 Å². The van der Waals surface area contributed by atoms with Crippen LogP contribution in [0.4, 0.5) is 4.39 Å². The normalized spacial score (nSPS) is 14.4. The fourth-order valence-electron chi connectivity index (χ4n) is 1.91. The van der Waals surface area contributed by atoms with Crippen LogP contribution in [0.15, 0.2) is 52.9 Å². The van der Waals surface area contributed by atoms with Gasteiger partial charge >= 0.3 is 0 Å². The Bertz CT molecular complexity index is 594. The predicted octanol–water partition coefficient (Wildman–Crippen LogP) is 3.20. The van der Waals surface area contributed by atoms with Crippen LogP contribution in [0.25, 0.3) is 5.57 Å². The van der Waals surface area contributed by atoms with Gasteiger partial charge in [-0.15, -0.1) is 0 Å². The van der Waals surface area contributed by atoms with Gasteiger partial charge in [0.2, 0.25) is 5.78 Å². The van der Waals surface area contributed by atoms with Crippen LogP contribution in [0.5, 0.6) is 0 Å². The quantitative estimate of drug-likeness (QED) is 0.729. The zero-order chi connectivity index (χ0) is 11.1. The monoisotopic (exact) mass is 214 g/mol. The molecule has 78 valence electrons. The second-order valence-corrected chi connectivity index (χ2v) is 3.54. The number of Topliss-reactive ketones (excluding diaryl/α,β-unsaturated/α-hetero) is 1. The van der Waals surface area contributed by atoms with E-state index in [9.17, 15) is 9.18 Å². The molecule has 0 N–H and O–H groups in total. The number of furan rings is 1. The lowest BCUT2D eigenvalue weighted by atomic mass is 10.0. The van der Waals surface area contributed by atoms with E-state index in [1.165, 1.54) is 6.26 Å². The zero-order valence-electron chi connectivity index (χ0n) is 8.24. The highest BCUT2D eigenvalue weighted by molar-refractivity contribution is 6.21. The highest BCUT2D eigenvalue weighted by Gasteiger charge is 2.31. The van der Waals surface area contributed by atoms with Gasteiger partial charge in [-0.3, -0.25) is 4.79 Å². The molecule has 1 aromatic carbocycles. The summed E-state index contributed by atoms with van der Waals surface area (Å²) in [6.45, 7) is 0. The third-order valence-corrected chi connectivity index (χ3v) is 2.63. The second-order valence-electron chi connectivity index (χ2n) is 3.54. The van der Waals surface area contributed by atoms with E-state index in [0.717, 1.165) is 0 Å². The maximum atomic E-state index is 13.8. The Labute approximate surface area is 91.0 Å². The van der Waals surface area contributed by atoms with Crippen molar-refractivity contribution < 1.29 is 13.6 Å². The molecule has 1 aromatic heterocycles. The molecule has 0 bridgehead atoms. The van der Waals surface area contributed by atoms with Crippen molar-refractivity contribution in [2.24, 2.45) is 0 Å². The maximum Gasteiger partial charge on any atom is 0.222 e. The lowest BCUT2D eigenvalue weighted by Gasteiger charge is -1.99. The fourth-order valence-corrected chi connectivity index (χ4v) is 1.91. The molecule has 1 aliphatic carbocycles. The molecular formula is C13H7FO2. The van der Waals surface area contributed by atoms with E-state index in [1.54, 1.807) is 36.4 Å². The Morgan fingerprint density at radius 2 is 1.75 bits per heavy atom. The number of benzene rings is 1. The van der Waals surface area contributed by atoms with Crippen LogP contribution in [0.3, 0.4) is 0 Å². The van der Waals surface area contributed by atoms with Gasteiger partial charge in [0.15, 0.2) is 5.83 Å². The van der Waals surface area contributed by atoms with Crippen LogP contribution in [0, 0.1) is 0 Å². The van der Waals surface area contributed by atoms with E-state index in [2.05, 4.69) is 0 Å². The van der Waals surface area contributed by atoms with Gasteiger partial charge in [-0.05, 0) is 17.7 Å². The average Bonchev–Trinajstić information content (AvgIpc) is 2.89. The molecule has 1 heterocycles. The molecular weight excluding hydrogens is 207 g/mol. The number of halogens is 1. The van der Waals surface area contributed by atoms with Crippen LogP contribution < -0.4 is 0 Å². The first kappa shape index (κ1) is 9.09. The molecule has 16 heavy (non-hydrogen) atoms. The van der Waals surface area contributed by atoms with E-state index in [1.807, 2.05) is 0 Å². The highest BCUT2D eigenvalue weighted by Crippen LogP contribution is 2.37. The van der Waals surface area contributed by atoms with Gasteiger partial charge in [0.25, 0.3) is 0 Å². The Kier molecular flexibility index (Phi) is 1.80. The molecule has 0 aliphatic heterocycles. The van der Waals surface area contributed by atoms with Gasteiger partial charge in [-0.1, -0.05) is 24.3 Å². The molecule has 2 aromatic rings. The van der Waals surface area contributed by atoms with Crippen molar-refractivity contribution in [3.63, 3.8) is 0 Å². The molecule has 0 saturated heterocycles. The Hall–Kier alpha value is -2.16. The lowest BCUT2D eigenvalue weighted by Crippen LogP contribution is -1.93. The van der Waals surface area contributed by atoms with Crippen molar-refractivity contribution >= 4 is 11.4 Å². The molecule has 0 atom stereocenters. The summed E-state index contributed by atoms with van der Waals surface area (Å²) in [7, 11) is 0. The van der Waals surface area contributed by atoms with E-state index >= 15 is 0 Å². The maximum absolute atomic E-state index is 13.8. The van der Waals surface area contributed by atoms with Crippen molar-refractivity contribution in [1.29, 1.82) is 0 Å². The summed E-state index contributed by atoms with van der Waals surface area (Å²) in [4.78, 5) is 11.6.